The van der Waals surface area contributed by atoms with E-state index in [4.69, 9.17) is 5.26 Å². The van der Waals surface area contributed by atoms with Crippen LogP contribution in [-0.4, -0.2) is 24.0 Å². The van der Waals surface area contributed by atoms with Gasteiger partial charge in [-0.3, -0.25) is 0 Å². The molecule has 0 aliphatic heterocycles. The molecule has 0 unspecified atom stereocenters. The van der Waals surface area contributed by atoms with E-state index in [9.17, 15) is 0 Å². The van der Waals surface area contributed by atoms with Gasteiger partial charge in [-0.1, -0.05) is 19.8 Å². The summed E-state index contributed by atoms with van der Waals surface area (Å²) in [6.07, 6.45) is 8.93. The highest BCUT2D eigenvalue weighted by Gasteiger charge is 2.44. The lowest BCUT2D eigenvalue weighted by molar-refractivity contribution is 0.169. The van der Waals surface area contributed by atoms with Crippen LogP contribution >= 0.6 is 0 Å². The third-order valence-corrected chi connectivity index (χ3v) is 4.20. The lowest BCUT2D eigenvalue weighted by atomic mass is 10.0. The average molecular weight is 206 g/mol. The van der Waals surface area contributed by atoms with Crippen molar-refractivity contribution in [3.8, 4) is 6.07 Å². The Morgan fingerprint density at radius 3 is 2.47 bits per heavy atom. The average Bonchev–Trinajstić information content (AvgIpc) is 2.81. The van der Waals surface area contributed by atoms with Gasteiger partial charge in [-0.25, -0.2) is 0 Å². The smallest absolute Gasteiger partial charge is 0.0628 e. The molecule has 0 saturated heterocycles. The first kappa shape index (κ1) is 11.0. The molecule has 2 heteroatoms. The van der Waals surface area contributed by atoms with Crippen LogP contribution in [0.1, 0.15) is 51.9 Å². The zero-order valence-electron chi connectivity index (χ0n) is 9.84. The second-order valence-electron chi connectivity index (χ2n) is 5.34. The Hall–Kier alpha value is -0.550. The quantitative estimate of drug-likeness (QED) is 0.691. The molecule has 0 bridgehead atoms. The summed E-state index contributed by atoms with van der Waals surface area (Å²) in [5, 5.41) is 8.82. The van der Waals surface area contributed by atoms with E-state index < -0.39 is 0 Å². The molecule has 0 N–H and O–H groups in total. The summed E-state index contributed by atoms with van der Waals surface area (Å²) >= 11 is 0. The molecule has 2 saturated carbocycles. The Morgan fingerprint density at radius 1 is 1.33 bits per heavy atom. The van der Waals surface area contributed by atoms with Crippen LogP contribution in [0.25, 0.3) is 0 Å². The normalized spacial score (nSPS) is 24.3. The van der Waals surface area contributed by atoms with E-state index in [1.807, 2.05) is 0 Å². The lowest BCUT2D eigenvalue weighted by Gasteiger charge is -2.30. The molecule has 0 heterocycles. The molecule has 2 fully saturated rings. The van der Waals surface area contributed by atoms with Crippen LogP contribution in [0.4, 0.5) is 0 Å². The van der Waals surface area contributed by atoms with E-state index in [2.05, 4.69) is 17.9 Å². The molecular formula is C13H22N2. The lowest BCUT2D eigenvalue weighted by Crippen LogP contribution is -2.37. The number of nitriles is 1. The highest BCUT2D eigenvalue weighted by molar-refractivity contribution is 5.01. The summed E-state index contributed by atoms with van der Waals surface area (Å²) in [4.78, 5) is 2.64. The number of nitrogens with zero attached hydrogens (tertiary/aromatic N) is 2. The molecule has 84 valence electrons. The Bertz CT molecular complexity index is 244. The monoisotopic (exact) mass is 206 g/mol. The first-order valence-electron chi connectivity index (χ1n) is 6.41. The largest absolute Gasteiger partial charge is 0.300 e. The molecule has 0 amide bonds. The minimum Gasteiger partial charge on any atom is -0.300 e. The van der Waals surface area contributed by atoms with Gasteiger partial charge in [-0.2, -0.15) is 5.26 Å². The first-order valence-corrected chi connectivity index (χ1v) is 6.41. The van der Waals surface area contributed by atoms with Crippen molar-refractivity contribution in [2.75, 3.05) is 13.1 Å². The third-order valence-electron chi connectivity index (χ3n) is 4.20. The van der Waals surface area contributed by atoms with Gasteiger partial charge in [0.1, 0.15) is 0 Å². The second-order valence-corrected chi connectivity index (χ2v) is 5.34. The van der Waals surface area contributed by atoms with Crippen molar-refractivity contribution < 1.29 is 0 Å². The highest BCUT2D eigenvalue weighted by atomic mass is 15.2. The minimum absolute atomic E-state index is 0.396. The Morgan fingerprint density at radius 2 is 2.00 bits per heavy atom. The molecule has 2 aliphatic rings. The van der Waals surface area contributed by atoms with Crippen LogP contribution in [0.15, 0.2) is 0 Å². The predicted molar refractivity (Wildman–Crippen MR) is 61.4 cm³/mol. The van der Waals surface area contributed by atoms with Crippen LogP contribution < -0.4 is 0 Å². The molecule has 15 heavy (non-hydrogen) atoms. The second kappa shape index (κ2) is 4.53. The fraction of sp³-hybridized carbons (Fsp3) is 0.923. The van der Waals surface area contributed by atoms with Crippen molar-refractivity contribution in [1.82, 2.24) is 4.90 Å². The van der Waals surface area contributed by atoms with Gasteiger partial charge in [0.15, 0.2) is 0 Å². The maximum atomic E-state index is 8.82. The zero-order chi connectivity index (χ0) is 10.7. The number of rotatable bonds is 5. The predicted octanol–water partition coefficient (Wildman–Crippen LogP) is 2.94. The Balaban J connectivity index is 1.87. The van der Waals surface area contributed by atoms with Crippen LogP contribution in [0.3, 0.4) is 0 Å². The van der Waals surface area contributed by atoms with Gasteiger partial charge < -0.3 is 4.90 Å². The van der Waals surface area contributed by atoms with E-state index in [-0.39, 0.29) is 0 Å². The van der Waals surface area contributed by atoms with Crippen LogP contribution in [0.2, 0.25) is 0 Å². The number of hydrogen-bond acceptors (Lipinski definition) is 2. The summed E-state index contributed by atoms with van der Waals surface area (Å²) in [6, 6.07) is 3.19. The summed E-state index contributed by atoms with van der Waals surface area (Å²) < 4.78 is 0. The molecule has 2 aliphatic carbocycles. The van der Waals surface area contributed by atoms with Crippen molar-refractivity contribution in [1.29, 1.82) is 5.26 Å². The Kier molecular flexibility index (Phi) is 3.31. The van der Waals surface area contributed by atoms with Crippen molar-refractivity contribution >= 4 is 0 Å². The third kappa shape index (κ3) is 2.52. The van der Waals surface area contributed by atoms with E-state index in [0.717, 1.165) is 19.0 Å². The molecule has 2 rings (SSSR count). The fourth-order valence-corrected chi connectivity index (χ4v) is 2.93. The summed E-state index contributed by atoms with van der Waals surface area (Å²) in [5.41, 5.74) is 0.396. The van der Waals surface area contributed by atoms with Gasteiger partial charge in [-0.15, -0.1) is 0 Å². The zero-order valence-corrected chi connectivity index (χ0v) is 9.84. The molecular weight excluding hydrogens is 184 g/mol. The van der Waals surface area contributed by atoms with E-state index in [0.29, 0.717) is 5.41 Å². The van der Waals surface area contributed by atoms with Gasteiger partial charge in [0, 0.05) is 19.0 Å². The molecule has 2 nitrogen and oxygen atoms in total. The Labute approximate surface area is 93.3 Å². The fourth-order valence-electron chi connectivity index (χ4n) is 2.93. The van der Waals surface area contributed by atoms with Crippen molar-refractivity contribution in [2.45, 2.75) is 57.9 Å². The summed E-state index contributed by atoms with van der Waals surface area (Å²) in [6.45, 7) is 4.61. The SMILES string of the molecule is CCN(CC1(CC#N)CC1)C1CCCC1. The van der Waals surface area contributed by atoms with Gasteiger partial charge >= 0.3 is 0 Å². The molecule has 0 atom stereocenters. The topological polar surface area (TPSA) is 27.0 Å². The van der Waals surface area contributed by atoms with E-state index >= 15 is 0 Å². The van der Waals surface area contributed by atoms with Crippen molar-refractivity contribution in [3.63, 3.8) is 0 Å². The standard InChI is InChI=1S/C13H22N2/c1-2-15(12-5-3-4-6-12)11-13(7-8-13)9-10-14/h12H,2-9,11H2,1H3. The minimum atomic E-state index is 0.396. The van der Waals surface area contributed by atoms with E-state index in [1.165, 1.54) is 45.1 Å². The number of hydrogen-bond donors (Lipinski definition) is 0. The van der Waals surface area contributed by atoms with Crippen molar-refractivity contribution in [2.24, 2.45) is 5.41 Å². The maximum absolute atomic E-state index is 8.82. The molecule has 0 aromatic heterocycles. The van der Waals surface area contributed by atoms with E-state index in [1.54, 1.807) is 0 Å². The van der Waals surface area contributed by atoms with Crippen molar-refractivity contribution in [3.05, 3.63) is 0 Å². The van der Waals surface area contributed by atoms with Gasteiger partial charge in [0.2, 0.25) is 0 Å². The van der Waals surface area contributed by atoms with Crippen LogP contribution in [-0.2, 0) is 0 Å². The van der Waals surface area contributed by atoms with Gasteiger partial charge in [0.05, 0.1) is 6.07 Å². The van der Waals surface area contributed by atoms with Gasteiger partial charge in [-0.05, 0) is 37.6 Å². The first-order chi connectivity index (χ1) is 7.29. The molecule has 0 spiro atoms. The summed E-state index contributed by atoms with van der Waals surface area (Å²) in [7, 11) is 0. The van der Waals surface area contributed by atoms with Crippen LogP contribution in [0.5, 0.6) is 0 Å². The summed E-state index contributed by atoms with van der Waals surface area (Å²) in [5.74, 6) is 0. The van der Waals surface area contributed by atoms with Crippen LogP contribution in [0, 0.1) is 16.7 Å². The molecule has 0 aromatic carbocycles. The van der Waals surface area contributed by atoms with Gasteiger partial charge in [0.25, 0.3) is 0 Å². The maximum Gasteiger partial charge on any atom is 0.0628 e. The molecule has 0 aromatic rings. The molecule has 0 radical (unpaired) electrons. The highest BCUT2D eigenvalue weighted by Crippen LogP contribution is 2.49.